The van der Waals surface area contributed by atoms with Gasteiger partial charge in [-0.15, -0.1) is 0 Å². The molecule has 1 aromatic rings. The Bertz CT molecular complexity index is 690. The van der Waals surface area contributed by atoms with Crippen LogP contribution in [0.5, 0.6) is 11.5 Å². The maximum atomic E-state index is 12.6. The molecule has 0 spiro atoms. The second-order valence-electron chi connectivity index (χ2n) is 4.95. The molecule has 1 N–H and O–H groups in total. The lowest BCUT2D eigenvalue weighted by Crippen LogP contribution is -2.34. The van der Waals surface area contributed by atoms with Crippen LogP contribution in [0.4, 0.5) is 0 Å². The summed E-state index contributed by atoms with van der Waals surface area (Å²) in [7, 11) is -2.50. The molecule has 122 valence electrons. The second-order valence-corrected chi connectivity index (χ2v) is 7.82. The average molecular weight is 394 g/mol. The Hall–Kier alpha value is -1.32. The first kappa shape index (κ1) is 17.0. The molecule has 1 unspecified atom stereocenters. The Morgan fingerprint density at radius 1 is 1.36 bits per heavy atom. The normalized spacial score (nSPS) is 15.6. The number of halogens is 1. The van der Waals surface area contributed by atoms with Crippen LogP contribution in [0, 0.1) is 5.92 Å². The number of carboxylic acid groups (broad SMARTS) is 1. The quantitative estimate of drug-likeness (QED) is 0.815. The zero-order valence-electron chi connectivity index (χ0n) is 12.1. The summed E-state index contributed by atoms with van der Waals surface area (Å²) >= 11 is 3.22. The fourth-order valence-electron chi connectivity index (χ4n) is 1.97. The standard InChI is InChI=1S/C13H16BrNO6S/c1-8(13(16)17)7-15(2)22(18,19)12-6-11-10(5-9(12)14)20-3-4-21-11/h5-6,8H,3-4,7H2,1-2H3,(H,16,17). The number of nitrogens with zero attached hydrogens (tertiary/aromatic N) is 1. The summed E-state index contributed by atoms with van der Waals surface area (Å²) in [6.07, 6.45) is 0. The van der Waals surface area contributed by atoms with Gasteiger partial charge in [-0.25, -0.2) is 12.7 Å². The number of fused-ring (bicyclic) bond motifs is 1. The topological polar surface area (TPSA) is 93.1 Å². The zero-order valence-corrected chi connectivity index (χ0v) is 14.5. The number of hydrogen-bond acceptors (Lipinski definition) is 5. The van der Waals surface area contributed by atoms with Crippen LogP contribution in [0.1, 0.15) is 6.92 Å². The van der Waals surface area contributed by atoms with Crippen molar-refractivity contribution in [3.63, 3.8) is 0 Å². The number of ether oxygens (including phenoxy) is 2. The lowest BCUT2D eigenvalue weighted by atomic mass is 10.2. The summed E-state index contributed by atoms with van der Waals surface area (Å²) in [5.74, 6) is -1.04. The Morgan fingerprint density at radius 3 is 2.45 bits per heavy atom. The van der Waals surface area contributed by atoms with E-state index in [9.17, 15) is 13.2 Å². The summed E-state index contributed by atoms with van der Waals surface area (Å²) in [4.78, 5) is 10.9. The van der Waals surface area contributed by atoms with Crippen molar-refractivity contribution in [1.29, 1.82) is 0 Å². The van der Waals surface area contributed by atoms with Gasteiger partial charge in [-0.3, -0.25) is 4.79 Å². The minimum Gasteiger partial charge on any atom is -0.486 e. The number of aliphatic carboxylic acids is 1. The summed E-state index contributed by atoms with van der Waals surface area (Å²) in [5.41, 5.74) is 0. The number of benzene rings is 1. The van der Waals surface area contributed by atoms with Crippen molar-refractivity contribution < 1.29 is 27.8 Å². The van der Waals surface area contributed by atoms with Gasteiger partial charge in [0.2, 0.25) is 10.0 Å². The highest BCUT2D eigenvalue weighted by Gasteiger charge is 2.29. The Kier molecular flexibility index (Phi) is 4.98. The minimum atomic E-state index is -3.84. The molecule has 1 aliphatic heterocycles. The van der Waals surface area contributed by atoms with E-state index < -0.39 is 21.9 Å². The molecule has 0 aromatic heterocycles. The first-order valence-corrected chi connectivity index (χ1v) is 8.75. The molecule has 0 radical (unpaired) electrons. The molecule has 0 saturated carbocycles. The molecule has 22 heavy (non-hydrogen) atoms. The van der Waals surface area contributed by atoms with Crippen LogP contribution in [0.15, 0.2) is 21.5 Å². The average Bonchev–Trinajstić information content (AvgIpc) is 2.45. The molecule has 1 atom stereocenters. The molecule has 0 bridgehead atoms. The van der Waals surface area contributed by atoms with E-state index >= 15 is 0 Å². The van der Waals surface area contributed by atoms with Crippen molar-refractivity contribution in [2.45, 2.75) is 11.8 Å². The van der Waals surface area contributed by atoms with Gasteiger partial charge in [-0.2, -0.15) is 0 Å². The van der Waals surface area contributed by atoms with Crippen LogP contribution in [-0.2, 0) is 14.8 Å². The van der Waals surface area contributed by atoms with Crippen LogP contribution in [0.2, 0.25) is 0 Å². The molecule has 1 heterocycles. The smallest absolute Gasteiger partial charge is 0.307 e. The van der Waals surface area contributed by atoms with Crippen LogP contribution in [0.25, 0.3) is 0 Å². The van der Waals surface area contributed by atoms with Gasteiger partial charge >= 0.3 is 5.97 Å². The van der Waals surface area contributed by atoms with Crippen molar-refractivity contribution in [2.75, 3.05) is 26.8 Å². The number of rotatable bonds is 5. The number of carboxylic acids is 1. The van der Waals surface area contributed by atoms with Crippen LogP contribution in [0.3, 0.4) is 0 Å². The van der Waals surface area contributed by atoms with E-state index in [0.717, 1.165) is 4.31 Å². The van der Waals surface area contributed by atoms with Gasteiger partial charge in [-0.05, 0) is 22.0 Å². The highest BCUT2D eigenvalue weighted by molar-refractivity contribution is 9.10. The van der Waals surface area contributed by atoms with E-state index in [2.05, 4.69) is 15.9 Å². The lowest BCUT2D eigenvalue weighted by molar-refractivity contribution is -0.141. The maximum absolute atomic E-state index is 12.6. The molecule has 0 saturated heterocycles. The summed E-state index contributed by atoms with van der Waals surface area (Å²) in [5, 5.41) is 8.91. The maximum Gasteiger partial charge on any atom is 0.307 e. The highest BCUT2D eigenvalue weighted by Crippen LogP contribution is 2.38. The lowest BCUT2D eigenvalue weighted by Gasteiger charge is -2.23. The highest BCUT2D eigenvalue weighted by atomic mass is 79.9. The van der Waals surface area contributed by atoms with E-state index in [-0.39, 0.29) is 11.4 Å². The van der Waals surface area contributed by atoms with Crippen molar-refractivity contribution >= 4 is 31.9 Å². The summed E-state index contributed by atoms with van der Waals surface area (Å²) in [6.45, 7) is 2.08. The molecule has 0 fully saturated rings. The van der Waals surface area contributed by atoms with Crippen molar-refractivity contribution in [1.82, 2.24) is 4.31 Å². The van der Waals surface area contributed by atoms with Gasteiger partial charge in [0, 0.05) is 24.1 Å². The van der Waals surface area contributed by atoms with Crippen molar-refractivity contribution in [3.05, 3.63) is 16.6 Å². The van der Waals surface area contributed by atoms with Crippen molar-refractivity contribution in [2.24, 2.45) is 5.92 Å². The van der Waals surface area contributed by atoms with Gasteiger partial charge in [-0.1, -0.05) is 6.92 Å². The van der Waals surface area contributed by atoms with Gasteiger partial charge in [0.25, 0.3) is 0 Å². The molecular formula is C13H16BrNO6S. The molecule has 7 nitrogen and oxygen atoms in total. The third-order valence-corrected chi connectivity index (χ3v) is 6.02. The third-order valence-electron chi connectivity index (χ3n) is 3.24. The van der Waals surface area contributed by atoms with E-state index in [1.807, 2.05) is 0 Å². The SMILES string of the molecule is CC(CN(C)S(=O)(=O)c1cc2c(cc1Br)OCCO2)C(=O)O. The second kappa shape index (κ2) is 6.43. The van der Waals surface area contributed by atoms with Crippen LogP contribution in [-0.4, -0.2) is 50.6 Å². The molecule has 9 heteroatoms. The van der Waals surface area contributed by atoms with Gasteiger partial charge < -0.3 is 14.6 Å². The molecule has 2 rings (SSSR count). The third kappa shape index (κ3) is 3.36. The molecular weight excluding hydrogens is 378 g/mol. The zero-order chi connectivity index (χ0) is 16.5. The van der Waals surface area contributed by atoms with Gasteiger partial charge in [0.15, 0.2) is 11.5 Å². The van der Waals surface area contributed by atoms with Gasteiger partial charge in [0.1, 0.15) is 18.1 Å². The van der Waals surface area contributed by atoms with Gasteiger partial charge in [0.05, 0.1) is 5.92 Å². The first-order valence-electron chi connectivity index (χ1n) is 6.51. The fraction of sp³-hybridized carbons (Fsp3) is 0.462. The minimum absolute atomic E-state index is 0.0110. The summed E-state index contributed by atoms with van der Waals surface area (Å²) < 4.78 is 37.3. The summed E-state index contributed by atoms with van der Waals surface area (Å²) in [6, 6.07) is 2.92. The monoisotopic (exact) mass is 393 g/mol. The van der Waals surface area contributed by atoms with Crippen molar-refractivity contribution in [3.8, 4) is 11.5 Å². The molecule has 0 amide bonds. The number of hydrogen-bond donors (Lipinski definition) is 1. The Morgan fingerprint density at radius 2 is 1.91 bits per heavy atom. The van der Waals surface area contributed by atoms with E-state index in [1.54, 1.807) is 0 Å². The Labute approximate surface area is 137 Å². The van der Waals surface area contributed by atoms with Crippen LogP contribution >= 0.6 is 15.9 Å². The van der Waals surface area contributed by atoms with E-state index in [4.69, 9.17) is 14.6 Å². The Balaban J connectivity index is 2.35. The predicted molar refractivity (Wildman–Crippen MR) is 81.7 cm³/mol. The predicted octanol–water partition coefficient (Wildman–Crippen LogP) is 1.56. The van der Waals surface area contributed by atoms with E-state index in [0.29, 0.717) is 29.2 Å². The molecule has 1 aromatic carbocycles. The van der Waals surface area contributed by atoms with E-state index in [1.165, 1.54) is 26.1 Å². The first-order chi connectivity index (χ1) is 10.2. The van der Waals surface area contributed by atoms with Crippen LogP contribution < -0.4 is 9.47 Å². The largest absolute Gasteiger partial charge is 0.486 e. The number of sulfonamides is 1. The molecule has 1 aliphatic rings. The fourth-order valence-corrected chi connectivity index (χ4v) is 4.23. The number of carbonyl (C=O) groups is 1. The molecule has 0 aliphatic carbocycles.